The number of nitrogens with one attached hydrogen (secondary N) is 2. The molecule has 4 heteroatoms. The molecule has 12 heavy (non-hydrogen) atoms. The van der Waals surface area contributed by atoms with E-state index in [1.165, 1.54) is 0 Å². The molecule has 1 aliphatic rings. The molecule has 0 bridgehead atoms. The lowest BCUT2D eigenvalue weighted by atomic mass is 10.1. The van der Waals surface area contributed by atoms with Gasteiger partial charge in [0.05, 0.1) is 6.61 Å². The smallest absolute Gasteiger partial charge is 0.166 e. The lowest BCUT2D eigenvalue weighted by Gasteiger charge is -2.11. The summed E-state index contributed by atoms with van der Waals surface area (Å²) in [5.74, 6) is 0.640. The number of hydrogen-bond donors (Lipinski definition) is 2. The molecule has 0 aromatic carbocycles. The normalized spacial score (nSPS) is 22.2. The molecule has 1 heterocycles. The van der Waals surface area contributed by atoms with E-state index in [1.54, 1.807) is 0 Å². The van der Waals surface area contributed by atoms with E-state index >= 15 is 0 Å². The molecule has 3 nitrogen and oxygen atoms in total. The number of hydrogen-bond acceptors (Lipinski definition) is 2. The zero-order valence-electron chi connectivity index (χ0n) is 7.43. The van der Waals surface area contributed by atoms with E-state index in [2.05, 4.69) is 10.6 Å². The molecule has 1 fully saturated rings. The van der Waals surface area contributed by atoms with Gasteiger partial charge in [0.15, 0.2) is 5.11 Å². The van der Waals surface area contributed by atoms with E-state index < -0.39 is 0 Å². The molecule has 1 atom stereocenters. The Labute approximate surface area is 78.9 Å². The lowest BCUT2D eigenvalue weighted by molar-refractivity contribution is 0.186. The minimum atomic E-state index is 0.640. The van der Waals surface area contributed by atoms with Crippen molar-refractivity contribution < 1.29 is 4.74 Å². The third-order valence-corrected chi connectivity index (χ3v) is 2.20. The molecule has 1 aliphatic heterocycles. The molecular formula is C8H16N2OS. The molecule has 0 aromatic rings. The van der Waals surface area contributed by atoms with Crippen LogP contribution < -0.4 is 10.6 Å². The van der Waals surface area contributed by atoms with Gasteiger partial charge in [0, 0.05) is 25.6 Å². The van der Waals surface area contributed by atoms with Gasteiger partial charge in [-0.1, -0.05) is 0 Å². The maximum Gasteiger partial charge on any atom is 0.166 e. The van der Waals surface area contributed by atoms with Gasteiger partial charge >= 0.3 is 0 Å². The number of ether oxygens (including phenoxy) is 1. The van der Waals surface area contributed by atoms with E-state index in [0.717, 1.165) is 37.8 Å². The molecule has 0 saturated carbocycles. The second kappa shape index (κ2) is 5.32. The zero-order chi connectivity index (χ0) is 8.81. The van der Waals surface area contributed by atoms with E-state index in [9.17, 15) is 0 Å². The highest BCUT2D eigenvalue weighted by molar-refractivity contribution is 7.80. The van der Waals surface area contributed by atoms with Crippen molar-refractivity contribution in [3.63, 3.8) is 0 Å². The summed E-state index contributed by atoms with van der Waals surface area (Å²) in [7, 11) is 0. The van der Waals surface area contributed by atoms with Gasteiger partial charge in [0.2, 0.25) is 0 Å². The quantitative estimate of drug-likeness (QED) is 0.632. The van der Waals surface area contributed by atoms with Gasteiger partial charge in [-0.3, -0.25) is 0 Å². The molecule has 0 amide bonds. The van der Waals surface area contributed by atoms with Crippen molar-refractivity contribution >= 4 is 17.3 Å². The Morgan fingerprint density at radius 3 is 3.00 bits per heavy atom. The van der Waals surface area contributed by atoms with Crippen LogP contribution in [0.4, 0.5) is 0 Å². The summed E-state index contributed by atoms with van der Waals surface area (Å²) < 4.78 is 5.25. The summed E-state index contributed by atoms with van der Waals surface area (Å²) in [5.41, 5.74) is 0. The molecule has 0 radical (unpaired) electrons. The minimum absolute atomic E-state index is 0.640. The first kappa shape index (κ1) is 9.74. The largest absolute Gasteiger partial charge is 0.381 e. The van der Waals surface area contributed by atoms with Crippen LogP contribution in [0.15, 0.2) is 0 Å². The van der Waals surface area contributed by atoms with Gasteiger partial charge in [0.1, 0.15) is 0 Å². The molecule has 70 valence electrons. The zero-order valence-corrected chi connectivity index (χ0v) is 8.25. The summed E-state index contributed by atoms with van der Waals surface area (Å²) in [6.45, 7) is 5.63. The van der Waals surface area contributed by atoms with Crippen LogP contribution in [-0.2, 0) is 4.74 Å². The fourth-order valence-corrected chi connectivity index (χ4v) is 1.43. The SMILES string of the molecule is CCNC(=S)NCC1CCOC1. The van der Waals surface area contributed by atoms with Crippen LogP contribution in [0.1, 0.15) is 13.3 Å². The molecule has 0 aliphatic carbocycles. The van der Waals surface area contributed by atoms with E-state index in [0.29, 0.717) is 5.92 Å². The highest BCUT2D eigenvalue weighted by Gasteiger charge is 2.14. The molecule has 2 N–H and O–H groups in total. The van der Waals surface area contributed by atoms with Gasteiger partial charge < -0.3 is 15.4 Å². The van der Waals surface area contributed by atoms with Crippen molar-refractivity contribution in [1.29, 1.82) is 0 Å². The van der Waals surface area contributed by atoms with Gasteiger partial charge in [-0.2, -0.15) is 0 Å². The highest BCUT2D eigenvalue weighted by atomic mass is 32.1. The maximum absolute atomic E-state index is 5.25. The summed E-state index contributed by atoms with van der Waals surface area (Å²) in [6, 6.07) is 0. The molecule has 1 saturated heterocycles. The standard InChI is InChI=1S/C8H16N2OS/c1-2-9-8(12)10-5-7-3-4-11-6-7/h7H,2-6H2,1H3,(H2,9,10,12). The van der Waals surface area contributed by atoms with Gasteiger partial charge in [-0.25, -0.2) is 0 Å². The fraction of sp³-hybridized carbons (Fsp3) is 0.875. The first-order valence-corrected chi connectivity index (χ1v) is 4.83. The van der Waals surface area contributed by atoms with E-state index in [-0.39, 0.29) is 0 Å². The molecular weight excluding hydrogens is 172 g/mol. The van der Waals surface area contributed by atoms with Crippen LogP contribution in [-0.4, -0.2) is 31.4 Å². The maximum atomic E-state index is 5.25. The van der Waals surface area contributed by atoms with Crippen LogP contribution in [0, 0.1) is 5.92 Å². The van der Waals surface area contributed by atoms with Crippen molar-refractivity contribution in [2.45, 2.75) is 13.3 Å². The Morgan fingerprint density at radius 1 is 1.58 bits per heavy atom. The van der Waals surface area contributed by atoms with Gasteiger partial charge in [0.25, 0.3) is 0 Å². The number of rotatable bonds is 3. The Morgan fingerprint density at radius 2 is 2.42 bits per heavy atom. The van der Waals surface area contributed by atoms with Crippen LogP contribution >= 0.6 is 12.2 Å². The Bertz CT molecular complexity index is 146. The van der Waals surface area contributed by atoms with Crippen molar-refractivity contribution in [2.24, 2.45) is 5.92 Å². The van der Waals surface area contributed by atoms with Crippen molar-refractivity contribution in [3.8, 4) is 0 Å². The first-order valence-electron chi connectivity index (χ1n) is 4.42. The monoisotopic (exact) mass is 188 g/mol. The predicted octanol–water partition coefficient (Wildman–Crippen LogP) is 0.507. The fourth-order valence-electron chi connectivity index (χ4n) is 1.20. The minimum Gasteiger partial charge on any atom is -0.381 e. The molecule has 1 unspecified atom stereocenters. The average molecular weight is 188 g/mol. The van der Waals surface area contributed by atoms with Crippen LogP contribution in [0.2, 0.25) is 0 Å². The third kappa shape index (κ3) is 3.36. The number of thiocarbonyl (C=S) groups is 1. The second-order valence-corrected chi connectivity index (χ2v) is 3.38. The molecule has 0 aromatic heterocycles. The van der Waals surface area contributed by atoms with Gasteiger partial charge in [-0.15, -0.1) is 0 Å². The van der Waals surface area contributed by atoms with Crippen LogP contribution in [0.3, 0.4) is 0 Å². The van der Waals surface area contributed by atoms with Crippen LogP contribution in [0.5, 0.6) is 0 Å². The Hall–Kier alpha value is -0.350. The molecule has 1 rings (SSSR count). The van der Waals surface area contributed by atoms with Crippen LogP contribution in [0.25, 0.3) is 0 Å². The lowest BCUT2D eigenvalue weighted by Crippen LogP contribution is -2.37. The van der Waals surface area contributed by atoms with E-state index in [4.69, 9.17) is 17.0 Å². The van der Waals surface area contributed by atoms with Gasteiger partial charge in [-0.05, 0) is 25.6 Å². The summed E-state index contributed by atoms with van der Waals surface area (Å²) in [5, 5.41) is 6.97. The summed E-state index contributed by atoms with van der Waals surface area (Å²) in [4.78, 5) is 0. The third-order valence-electron chi connectivity index (χ3n) is 1.91. The van der Waals surface area contributed by atoms with E-state index in [1.807, 2.05) is 6.92 Å². The predicted molar refractivity (Wildman–Crippen MR) is 53.2 cm³/mol. The first-order chi connectivity index (χ1) is 5.83. The Balaban J connectivity index is 2.03. The summed E-state index contributed by atoms with van der Waals surface area (Å²) in [6.07, 6.45) is 1.15. The molecule has 0 spiro atoms. The summed E-state index contributed by atoms with van der Waals surface area (Å²) >= 11 is 5.02. The van der Waals surface area contributed by atoms with Crippen molar-refractivity contribution in [1.82, 2.24) is 10.6 Å². The highest BCUT2D eigenvalue weighted by Crippen LogP contribution is 2.10. The Kier molecular flexibility index (Phi) is 4.32. The topological polar surface area (TPSA) is 33.3 Å². The average Bonchev–Trinajstić information content (AvgIpc) is 2.53. The van der Waals surface area contributed by atoms with Crippen molar-refractivity contribution in [2.75, 3.05) is 26.3 Å². The van der Waals surface area contributed by atoms with Crippen molar-refractivity contribution in [3.05, 3.63) is 0 Å². The second-order valence-electron chi connectivity index (χ2n) is 2.97.